The predicted octanol–water partition coefficient (Wildman–Crippen LogP) is 0.617. The monoisotopic (exact) mass is 243 g/mol. The zero-order chi connectivity index (χ0) is 12.7. The van der Waals surface area contributed by atoms with Gasteiger partial charge in [-0.2, -0.15) is 0 Å². The van der Waals surface area contributed by atoms with Crippen molar-refractivity contribution in [3.63, 3.8) is 0 Å². The van der Waals surface area contributed by atoms with Crippen LogP contribution >= 0.6 is 0 Å². The summed E-state index contributed by atoms with van der Waals surface area (Å²) < 4.78 is 0. The highest BCUT2D eigenvalue weighted by Gasteiger charge is 2.38. The van der Waals surface area contributed by atoms with Gasteiger partial charge in [0, 0.05) is 0 Å². The van der Waals surface area contributed by atoms with Gasteiger partial charge in [0.25, 0.3) is 0 Å². The third-order valence-electron chi connectivity index (χ3n) is 3.47. The van der Waals surface area contributed by atoms with E-state index in [1.807, 2.05) is 0 Å². The van der Waals surface area contributed by atoms with Crippen LogP contribution in [0.1, 0.15) is 44.9 Å². The summed E-state index contributed by atoms with van der Waals surface area (Å²) in [7, 11) is -1.24. The molecule has 0 saturated carbocycles. The molecule has 17 heavy (non-hydrogen) atoms. The zero-order valence-electron chi connectivity index (χ0n) is 10.2. The first-order chi connectivity index (χ1) is 8.07. The number of piperidine rings is 1. The Labute approximate surface area is 102 Å². The molecule has 0 bridgehead atoms. The fourth-order valence-corrected chi connectivity index (χ4v) is 2.40. The van der Waals surface area contributed by atoms with Crippen molar-refractivity contribution in [1.29, 1.82) is 0 Å². The number of unbranched alkanes of at least 4 members (excludes halogenated alkanes) is 2. The van der Waals surface area contributed by atoms with Gasteiger partial charge in [-0.3, -0.25) is 4.79 Å². The molecule has 0 aromatic rings. The Morgan fingerprint density at radius 3 is 2.53 bits per heavy atom. The summed E-state index contributed by atoms with van der Waals surface area (Å²) in [5, 5.41) is 29.8. The van der Waals surface area contributed by atoms with Gasteiger partial charge in [0.05, 0.1) is 0 Å². The summed E-state index contributed by atoms with van der Waals surface area (Å²) in [5.74, 6) is -0.751. The third kappa shape index (κ3) is 4.65. The predicted molar refractivity (Wildman–Crippen MR) is 65.7 cm³/mol. The number of rotatable bonds is 7. The molecule has 1 aliphatic rings. The van der Waals surface area contributed by atoms with Crippen LogP contribution in [0.4, 0.5) is 0 Å². The molecule has 98 valence electrons. The molecule has 0 unspecified atom stereocenters. The summed E-state index contributed by atoms with van der Waals surface area (Å²) in [5.41, 5.74) is -0.740. The highest BCUT2D eigenvalue weighted by Crippen LogP contribution is 2.26. The third-order valence-corrected chi connectivity index (χ3v) is 3.47. The maximum absolute atomic E-state index is 11.3. The molecule has 4 N–H and O–H groups in total. The van der Waals surface area contributed by atoms with E-state index in [-0.39, 0.29) is 0 Å². The van der Waals surface area contributed by atoms with Crippen LogP contribution < -0.4 is 5.32 Å². The van der Waals surface area contributed by atoms with Crippen molar-refractivity contribution < 1.29 is 19.9 Å². The molecule has 1 heterocycles. The van der Waals surface area contributed by atoms with Crippen LogP contribution in [0.25, 0.3) is 0 Å². The van der Waals surface area contributed by atoms with Gasteiger partial charge in [-0.15, -0.1) is 0 Å². The quantitative estimate of drug-likeness (QED) is 0.388. The van der Waals surface area contributed by atoms with E-state index >= 15 is 0 Å². The van der Waals surface area contributed by atoms with Gasteiger partial charge in [-0.05, 0) is 38.5 Å². The number of aliphatic carboxylic acids is 1. The summed E-state index contributed by atoms with van der Waals surface area (Å²) in [6.07, 6.45) is 6.09. The van der Waals surface area contributed by atoms with Crippen molar-refractivity contribution in [3.8, 4) is 0 Å². The molecule has 0 aliphatic carbocycles. The van der Waals surface area contributed by atoms with E-state index in [1.165, 1.54) is 0 Å². The lowest BCUT2D eigenvalue weighted by Gasteiger charge is -2.34. The highest BCUT2D eigenvalue weighted by molar-refractivity contribution is 6.40. The lowest BCUT2D eigenvalue weighted by molar-refractivity contribution is -0.146. The fraction of sp³-hybridized carbons (Fsp3) is 0.909. The summed E-state index contributed by atoms with van der Waals surface area (Å²) in [6.45, 7) is 0.779. The van der Waals surface area contributed by atoms with Crippen molar-refractivity contribution in [3.05, 3.63) is 0 Å². The molecule has 1 fully saturated rings. The van der Waals surface area contributed by atoms with Gasteiger partial charge >= 0.3 is 13.1 Å². The van der Waals surface area contributed by atoms with Crippen molar-refractivity contribution in [2.24, 2.45) is 0 Å². The molecule has 0 amide bonds. The number of carboxylic acid groups (broad SMARTS) is 1. The maximum atomic E-state index is 11.3. The number of hydrogen-bond acceptors (Lipinski definition) is 4. The Kier molecular flexibility index (Phi) is 5.95. The molecule has 5 nitrogen and oxygen atoms in total. The molecule has 0 radical (unpaired) electrons. The van der Waals surface area contributed by atoms with Crippen LogP contribution in [-0.2, 0) is 4.79 Å². The Bertz CT molecular complexity index is 242. The molecule has 0 aromatic carbocycles. The van der Waals surface area contributed by atoms with Crippen LogP contribution in [0.2, 0.25) is 6.32 Å². The van der Waals surface area contributed by atoms with Gasteiger partial charge in [0.1, 0.15) is 5.54 Å². The number of nitrogens with one attached hydrogen (secondary N) is 1. The first-order valence-corrected chi connectivity index (χ1v) is 6.41. The standard InChI is InChI=1S/C11H22BNO4/c14-10(15)11(7-3-5-9-13-11)6-2-1-4-8-12(16)17/h13,16-17H,1-9H2,(H,14,15)/t11-/m1/s1. The average Bonchev–Trinajstić information content (AvgIpc) is 2.29. The summed E-state index contributed by atoms with van der Waals surface area (Å²) in [4.78, 5) is 11.3. The fourth-order valence-electron chi connectivity index (χ4n) is 2.40. The molecule has 0 aromatic heterocycles. The Balaban J connectivity index is 2.27. The van der Waals surface area contributed by atoms with Crippen molar-refractivity contribution in [1.82, 2.24) is 5.32 Å². The van der Waals surface area contributed by atoms with Crippen LogP contribution in [-0.4, -0.2) is 40.3 Å². The van der Waals surface area contributed by atoms with Gasteiger partial charge in [0.2, 0.25) is 0 Å². The molecular formula is C11H22BNO4. The summed E-state index contributed by atoms with van der Waals surface area (Å²) in [6, 6.07) is 0. The van der Waals surface area contributed by atoms with E-state index in [4.69, 9.17) is 10.0 Å². The summed E-state index contributed by atoms with van der Waals surface area (Å²) >= 11 is 0. The van der Waals surface area contributed by atoms with Crippen LogP contribution in [0, 0.1) is 0 Å². The number of carbonyl (C=O) groups is 1. The van der Waals surface area contributed by atoms with Gasteiger partial charge in [0.15, 0.2) is 0 Å². The maximum Gasteiger partial charge on any atom is 0.451 e. The Morgan fingerprint density at radius 1 is 1.24 bits per heavy atom. The topological polar surface area (TPSA) is 89.8 Å². The normalized spacial score (nSPS) is 24.6. The van der Waals surface area contributed by atoms with E-state index in [1.54, 1.807) is 0 Å². The number of carboxylic acids is 1. The zero-order valence-corrected chi connectivity index (χ0v) is 10.2. The largest absolute Gasteiger partial charge is 0.480 e. The second-order valence-electron chi connectivity index (χ2n) is 4.85. The van der Waals surface area contributed by atoms with Gasteiger partial charge in [-0.1, -0.05) is 19.3 Å². The second kappa shape index (κ2) is 6.98. The minimum absolute atomic E-state index is 0.369. The van der Waals surface area contributed by atoms with E-state index in [9.17, 15) is 9.90 Å². The molecule has 0 spiro atoms. The molecule has 1 aliphatic heterocycles. The number of hydrogen-bond donors (Lipinski definition) is 4. The van der Waals surface area contributed by atoms with Gasteiger partial charge < -0.3 is 20.5 Å². The molecule has 6 heteroatoms. The first kappa shape index (κ1) is 14.5. The van der Waals surface area contributed by atoms with E-state index in [2.05, 4.69) is 5.32 Å². The van der Waals surface area contributed by atoms with Crippen molar-refractivity contribution >= 4 is 13.1 Å². The molecule has 1 saturated heterocycles. The van der Waals surface area contributed by atoms with Crippen molar-refractivity contribution in [2.45, 2.75) is 56.8 Å². The molecule has 1 rings (SSSR count). The molecule has 1 atom stereocenters. The second-order valence-corrected chi connectivity index (χ2v) is 4.85. The van der Waals surface area contributed by atoms with Crippen LogP contribution in [0.5, 0.6) is 0 Å². The minimum Gasteiger partial charge on any atom is -0.480 e. The van der Waals surface area contributed by atoms with Crippen molar-refractivity contribution in [2.75, 3.05) is 6.54 Å². The highest BCUT2D eigenvalue weighted by atomic mass is 16.4. The Morgan fingerprint density at radius 2 is 2.00 bits per heavy atom. The van der Waals surface area contributed by atoms with E-state index in [0.29, 0.717) is 19.2 Å². The Hall–Kier alpha value is -0.585. The average molecular weight is 243 g/mol. The lowest BCUT2D eigenvalue weighted by Crippen LogP contribution is -2.54. The van der Waals surface area contributed by atoms with Gasteiger partial charge in [-0.25, -0.2) is 0 Å². The van der Waals surface area contributed by atoms with Crippen LogP contribution in [0.3, 0.4) is 0 Å². The molecular weight excluding hydrogens is 221 g/mol. The lowest BCUT2D eigenvalue weighted by atomic mass is 9.81. The smallest absolute Gasteiger partial charge is 0.451 e. The van der Waals surface area contributed by atoms with E-state index < -0.39 is 18.6 Å². The SMILES string of the molecule is O=C(O)[C@@]1(CCCCCB(O)O)CCCCN1. The van der Waals surface area contributed by atoms with Crippen LogP contribution in [0.15, 0.2) is 0 Å². The first-order valence-electron chi connectivity index (χ1n) is 6.41. The van der Waals surface area contributed by atoms with E-state index in [0.717, 1.165) is 38.6 Å². The minimum atomic E-state index is -1.24.